The molecule has 11 heteroatoms. The Morgan fingerprint density at radius 2 is 2.00 bits per heavy atom. The number of fused-ring (bicyclic) bond motifs is 1. The average Bonchev–Trinajstić information content (AvgIpc) is 3.46. The van der Waals surface area contributed by atoms with Crippen molar-refractivity contribution < 1.29 is 18.0 Å². The van der Waals surface area contributed by atoms with E-state index in [2.05, 4.69) is 25.7 Å². The fraction of sp³-hybridized carbons (Fsp3) is 0.385. The molecule has 0 atom stereocenters. The van der Waals surface area contributed by atoms with Crippen LogP contribution in [-0.4, -0.2) is 36.6 Å². The number of hydrogen-bond acceptors (Lipinski definition) is 5. The standard InChI is InChI=1S/C26H28F3N7O/c1-3-10-31-25(37)19-9-8-17(13-16(19)4-2)33-23-24-32-14-21(35(24)12-11-30-23)20-15-36(18-6-5-7-18)34-22(20)26(27,28)29/h8-9,11-15,18H,3-7,10H2,1-2H3,(H,30,33)(H,31,37). The summed E-state index contributed by atoms with van der Waals surface area (Å²) in [6.45, 7) is 4.57. The van der Waals surface area contributed by atoms with Gasteiger partial charge in [-0.25, -0.2) is 9.97 Å². The Kier molecular flexibility index (Phi) is 6.61. The lowest BCUT2D eigenvalue weighted by molar-refractivity contribution is -0.141. The summed E-state index contributed by atoms with van der Waals surface area (Å²) in [5, 5.41) is 10.0. The minimum atomic E-state index is -4.59. The Morgan fingerprint density at radius 1 is 1.19 bits per heavy atom. The van der Waals surface area contributed by atoms with Gasteiger partial charge >= 0.3 is 6.18 Å². The van der Waals surface area contributed by atoms with Crippen LogP contribution in [0.2, 0.25) is 0 Å². The predicted octanol–water partition coefficient (Wildman–Crippen LogP) is 5.78. The SMILES string of the molecule is CCCNC(=O)c1ccc(Nc2nccn3c(-c4cn(C5CCC5)nc4C(F)(F)F)cnc23)cc1CC. The average molecular weight is 512 g/mol. The predicted molar refractivity (Wildman–Crippen MR) is 134 cm³/mol. The lowest BCUT2D eigenvalue weighted by atomic mass is 9.93. The van der Waals surface area contributed by atoms with Crippen molar-refractivity contribution in [1.82, 2.24) is 29.5 Å². The van der Waals surface area contributed by atoms with Crippen molar-refractivity contribution in [2.75, 3.05) is 11.9 Å². The van der Waals surface area contributed by atoms with Crippen LogP contribution in [0.4, 0.5) is 24.7 Å². The number of imidazole rings is 1. The molecular weight excluding hydrogens is 483 g/mol. The Balaban J connectivity index is 1.49. The molecule has 3 heterocycles. The van der Waals surface area contributed by atoms with Gasteiger partial charge in [-0.15, -0.1) is 0 Å². The molecule has 194 valence electrons. The van der Waals surface area contributed by atoms with Crippen LogP contribution in [0.3, 0.4) is 0 Å². The Bertz CT molecular complexity index is 1440. The lowest BCUT2D eigenvalue weighted by Gasteiger charge is -2.25. The van der Waals surface area contributed by atoms with Crippen LogP contribution >= 0.6 is 0 Å². The molecule has 8 nitrogen and oxygen atoms in total. The third-order valence-corrected chi connectivity index (χ3v) is 6.68. The molecule has 0 unspecified atom stereocenters. The quantitative estimate of drug-likeness (QED) is 0.313. The molecule has 0 spiro atoms. The van der Waals surface area contributed by atoms with E-state index in [0.717, 1.165) is 31.2 Å². The van der Waals surface area contributed by atoms with Gasteiger partial charge in [0.25, 0.3) is 5.91 Å². The van der Waals surface area contributed by atoms with Crippen molar-refractivity contribution in [3.8, 4) is 11.3 Å². The van der Waals surface area contributed by atoms with E-state index in [1.54, 1.807) is 22.7 Å². The molecule has 2 N–H and O–H groups in total. The number of nitrogens with one attached hydrogen (secondary N) is 2. The summed E-state index contributed by atoms with van der Waals surface area (Å²) in [7, 11) is 0. The summed E-state index contributed by atoms with van der Waals surface area (Å²) in [5.74, 6) is 0.269. The first-order valence-corrected chi connectivity index (χ1v) is 12.5. The zero-order valence-corrected chi connectivity index (χ0v) is 20.6. The van der Waals surface area contributed by atoms with Crippen LogP contribution in [0.5, 0.6) is 0 Å². The topological polar surface area (TPSA) is 89.1 Å². The molecular formula is C26H28F3N7O. The van der Waals surface area contributed by atoms with Crippen LogP contribution in [0.1, 0.15) is 67.2 Å². The molecule has 37 heavy (non-hydrogen) atoms. The van der Waals surface area contributed by atoms with Crippen molar-refractivity contribution in [3.05, 3.63) is 59.8 Å². The number of rotatable bonds is 8. The molecule has 1 aromatic carbocycles. The van der Waals surface area contributed by atoms with Gasteiger partial charge in [0.2, 0.25) is 0 Å². The first-order valence-electron chi connectivity index (χ1n) is 12.5. The molecule has 1 amide bonds. The van der Waals surface area contributed by atoms with Gasteiger partial charge in [0, 0.05) is 36.4 Å². The minimum Gasteiger partial charge on any atom is -0.352 e. The number of alkyl halides is 3. The highest BCUT2D eigenvalue weighted by Gasteiger charge is 2.39. The van der Waals surface area contributed by atoms with Crippen molar-refractivity contribution in [1.29, 1.82) is 0 Å². The first-order chi connectivity index (χ1) is 17.8. The number of hydrogen-bond donors (Lipinski definition) is 2. The number of carbonyl (C=O) groups excluding carboxylic acids is 1. The Hall–Kier alpha value is -3.89. The number of aromatic nitrogens is 5. The fourth-order valence-corrected chi connectivity index (χ4v) is 4.49. The van der Waals surface area contributed by atoms with Gasteiger partial charge in [0.15, 0.2) is 17.2 Å². The van der Waals surface area contributed by atoms with Crippen molar-refractivity contribution >= 4 is 23.1 Å². The molecule has 1 saturated carbocycles. The Labute approximate surface area is 211 Å². The number of amides is 1. The van der Waals surface area contributed by atoms with E-state index in [1.807, 2.05) is 19.9 Å². The summed E-state index contributed by atoms with van der Waals surface area (Å²) >= 11 is 0. The summed E-state index contributed by atoms with van der Waals surface area (Å²) < 4.78 is 44.6. The molecule has 3 aromatic heterocycles. The zero-order chi connectivity index (χ0) is 26.2. The highest BCUT2D eigenvalue weighted by Crippen LogP contribution is 2.40. The second-order valence-corrected chi connectivity index (χ2v) is 9.17. The molecule has 0 saturated heterocycles. The van der Waals surface area contributed by atoms with Gasteiger partial charge in [-0.2, -0.15) is 18.3 Å². The van der Waals surface area contributed by atoms with Gasteiger partial charge in [-0.1, -0.05) is 13.8 Å². The van der Waals surface area contributed by atoms with Crippen LogP contribution < -0.4 is 10.6 Å². The maximum atomic E-state index is 13.9. The van der Waals surface area contributed by atoms with Crippen LogP contribution in [0.15, 0.2) is 43.0 Å². The van der Waals surface area contributed by atoms with Gasteiger partial charge < -0.3 is 10.6 Å². The highest BCUT2D eigenvalue weighted by molar-refractivity contribution is 5.96. The second kappa shape index (κ2) is 9.87. The van der Waals surface area contributed by atoms with Crippen molar-refractivity contribution in [2.24, 2.45) is 0 Å². The van der Waals surface area contributed by atoms with Gasteiger partial charge in [0.05, 0.1) is 23.5 Å². The largest absolute Gasteiger partial charge is 0.435 e. The number of benzene rings is 1. The van der Waals surface area contributed by atoms with E-state index in [9.17, 15) is 18.0 Å². The van der Waals surface area contributed by atoms with E-state index in [-0.39, 0.29) is 23.2 Å². The molecule has 0 aliphatic heterocycles. The van der Waals surface area contributed by atoms with Crippen LogP contribution in [0.25, 0.3) is 16.9 Å². The van der Waals surface area contributed by atoms with E-state index >= 15 is 0 Å². The van der Waals surface area contributed by atoms with E-state index in [0.29, 0.717) is 35.7 Å². The van der Waals surface area contributed by atoms with Crippen molar-refractivity contribution in [3.63, 3.8) is 0 Å². The summed E-state index contributed by atoms with van der Waals surface area (Å²) in [6, 6.07) is 5.40. The third-order valence-electron chi connectivity index (χ3n) is 6.68. The maximum Gasteiger partial charge on any atom is 0.435 e. The van der Waals surface area contributed by atoms with Crippen LogP contribution in [-0.2, 0) is 12.6 Å². The van der Waals surface area contributed by atoms with Crippen molar-refractivity contribution in [2.45, 2.75) is 58.2 Å². The van der Waals surface area contributed by atoms with Gasteiger partial charge in [-0.3, -0.25) is 13.9 Å². The summed E-state index contributed by atoms with van der Waals surface area (Å²) in [5.41, 5.74) is 1.91. The van der Waals surface area contributed by atoms with Crippen LogP contribution in [0, 0.1) is 0 Å². The fourth-order valence-electron chi connectivity index (χ4n) is 4.49. The smallest absolute Gasteiger partial charge is 0.352 e. The number of carbonyl (C=O) groups is 1. The molecule has 1 fully saturated rings. The van der Waals surface area contributed by atoms with E-state index in [4.69, 9.17) is 0 Å². The second-order valence-electron chi connectivity index (χ2n) is 9.17. The molecule has 1 aliphatic carbocycles. The minimum absolute atomic E-state index is 0.00674. The lowest BCUT2D eigenvalue weighted by Crippen LogP contribution is -2.25. The maximum absolute atomic E-state index is 13.9. The molecule has 1 aliphatic rings. The molecule has 0 bridgehead atoms. The molecule has 0 radical (unpaired) electrons. The zero-order valence-electron chi connectivity index (χ0n) is 20.6. The summed E-state index contributed by atoms with van der Waals surface area (Å²) in [4.78, 5) is 21.3. The molecule has 5 rings (SSSR count). The van der Waals surface area contributed by atoms with E-state index < -0.39 is 11.9 Å². The molecule has 4 aromatic rings. The third kappa shape index (κ3) is 4.77. The number of aryl methyl sites for hydroxylation is 1. The number of halogens is 3. The van der Waals surface area contributed by atoms with Gasteiger partial charge in [0.1, 0.15) is 0 Å². The number of anilines is 2. The normalized spacial score (nSPS) is 14.1. The number of nitrogens with zero attached hydrogens (tertiary/aromatic N) is 5. The monoisotopic (exact) mass is 511 g/mol. The summed E-state index contributed by atoms with van der Waals surface area (Å²) in [6.07, 6.45) is 5.52. The Morgan fingerprint density at radius 3 is 2.68 bits per heavy atom. The first kappa shape index (κ1) is 24.8. The highest BCUT2D eigenvalue weighted by atomic mass is 19.4. The van der Waals surface area contributed by atoms with Gasteiger partial charge in [-0.05, 0) is 55.9 Å². The van der Waals surface area contributed by atoms with E-state index in [1.165, 1.54) is 23.3 Å².